The minimum absolute atomic E-state index is 0.0165. The van der Waals surface area contributed by atoms with Gasteiger partial charge in [0.15, 0.2) is 0 Å². The summed E-state index contributed by atoms with van der Waals surface area (Å²) < 4.78 is 32.8. The molecule has 0 fully saturated rings. The molecule has 0 aliphatic carbocycles. The number of rotatable bonds is 4. The summed E-state index contributed by atoms with van der Waals surface area (Å²) in [4.78, 5) is 28.8. The summed E-state index contributed by atoms with van der Waals surface area (Å²) in [6.07, 6.45) is 0. The molecule has 0 unspecified atom stereocenters. The fraction of sp³-hybridized carbons (Fsp3) is 0.0455. The van der Waals surface area contributed by atoms with E-state index in [0.717, 1.165) is 8.78 Å². The van der Waals surface area contributed by atoms with Crippen molar-refractivity contribution < 1.29 is 17.6 Å². The summed E-state index contributed by atoms with van der Waals surface area (Å²) in [6.45, 7) is 1.17. The molecule has 1 amide bonds. The highest BCUT2D eigenvalue weighted by Gasteiger charge is 2.28. The third-order valence-electron chi connectivity index (χ3n) is 4.52. The highest BCUT2D eigenvalue weighted by Crippen LogP contribution is 2.28. The van der Waals surface area contributed by atoms with Crippen molar-refractivity contribution in [3.05, 3.63) is 87.7 Å². The maximum atomic E-state index is 13.0. The van der Waals surface area contributed by atoms with Crippen molar-refractivity contribution in [1.29, 1.82) is 0 Å². The quantitative estimate of drug-likeness (QED) is 0.414. The predicted octanol–water partition coefficient (Wildman–Crippen LogP) is 4.36. The molecule has 4 rings (SSSR count). The number of nitrogens with zero attached hydrogens (tertiary/aromatic N) is 2. The largest absolute Gasteiger partial charge is 0.403 e. The van der Waals surface area contributed by atoms with Gasteiger partial charge in [-0.15, -0.1) is 0 Å². The molecule has 0 atom stereocenters. The van der Waals surface area contributed by atoms with Crippen LogP contribution >= 0.6 is 15.9 Å². The molecule has 0 bridgehead atoms. The van der Waals surface area contributed by atoms with Crippen LogP contribution in [0.2, 0.25) is 0 Å². The number of hydrogen-bond acceptors (Lipinski definition) is 6. The molecular formula is C22H15BrN2O5S. The predicted molar refractivity (Wildman–Crippen MR) is 120 cm³/mol. The van der Waals surface area contributed by atoms with Gasteiger partial charge >= 0.3 is 5.63 Å². The van der Waals surface area contributed by atoms with Gasteiger partial charge in [0.1, 0.15) is 0 Å². The number of benzene rings is 3. The van der Waals surface area contributed by atoms with E-state index in [4.69, 9.17) is 4.42 Å². The van der Waals surface area contributed by atoms with E-state index >= 15 is 0 Å². The first-order chi connectivity index (χ1) is 14.8. The SMILES string of the molecule is CC(=O)N(c1ccc(-c2nc3ccccc3c(=O)o2)cc1)S(=O)(=O)c1ccc(Br)cc1. The molecular weight excluding hydrogens is 484 g/mol. The normalized spacial score (nSPS) is 11.4. The second kappa shape index (κ2) is 8.09. The van der Waals surface area contributed by atoms with Crippen molar-refractivity contribution >= 4 is 48.5 Å². The topological polar surface area (TPSA) is 97.6 Å². The maximum Gasteiger partial charge on any atom is 0.347 e. The number of anilines is 1. The smallest absolute Gasteiger partial charge is 0.347 e. The van der Waals surface area contributed by atoms with Gasteiger partial charge in [0.05, 0.1) is 21.5 Å². The number of para-hydroxylation sites is 1. The first kappa shape index (κ1) is 21.0. The molecule has 0 aliphatic rings. The summed E-state index contributed by atoms with van der Waals surface area (Å²) in [5, 5.41) is 0.367. The van der Waals surface area contributed by atoms with E-state index in [0.29, 0.717) is 16.5 Å². The lowest BCUT2D eigenvalue weighted by Crippen LogP contribution is -2.35. The van der Waals surface area contributed by atoms with Gasteiger partial charge in [0.2, 0.25) is 11.8 Å². The minimum atomic E-state index is -4.11. The van der Waals surface area contributed by atoms with Crippen LogP contribution in [0.15, 0.2) is 91.4 Å². The van der Waals surface area contributed by atoms with Crippen LogP contribution in [0.25, 0.3) is 22.4 Å². The number of aromatic nitrogens is 1. The van der Waals surface area contributed by atoms with Crippen molar-refractivity contribution in [1.82, 2.24) is 4.98 Å². The van der Waals surface area contributed by atoms with Gasteiger partial charge in [-0.1, -0.05) is 28.1 Å². The summed E-state index contributed by atoms with van der Waals surface area (Å²) >= 11 is 3.26. The van der Waals surface area contributed by atoms with E-state index in [2.05, 4.69) is 20.9 Å². The van der Waals surface area contributed by atoms with E-state index in [1.54, 1.807) is 48.5 Å². The molecule has 0 aliphatic heterocycles. The zero-order valence-electron chi connectivity index (χ0n) is 16.2. The number of halogens is 1. The lowest BCUT2D eigenvalue weighted by Gasteiger charge is -2.21. The molecule has 4 aromatic rings. The summed E-state index contributed by atoms with van der Waals surface area (Å²) in [5.74, 6) is -0.563. The van der Waals surface area contributed by atoms with E-state index < -0.39 is 21.6 Å². The Balaban J connectivity index is 1.74. The highest BCUT2D eigenvalue weighted by atomic mass is 79.9. The second-order valence-electron chi connectivity index (χ2n) is 6.61. The number of sulfonamides is 1. The van der Waals surface area contributed by atoms with Crippen molar-refractivity contribution in [3.8, 4) is 11.5 Å². The van der Waals surface area contributed by atoms with Crippen LogP contribution in [-0.2, 0) is 14.8 Å². The summed E-state index contributed by atoms with van der Waals surface area (Å²) in [6, 6.07) is 18.8. The molecule has 7 nitrogen and oxygen atoms in total. The molecule has 0 saturated carbocycles. The fourth-order valence-corrected chi connectivity index (χ4v) is 4.78. The van der Waals surface area contributed by atoms with Gasteiger partial charge in [0.25, 0.3) is 10.0 Å². The molecule has 0 radical (unpaired) electrons. The second-order valence-corrected chi connectivity index (χ2v) is 9.32. The standard InChI is InChI=1S/C22H15BrN2O5S/c1-14(26)25(31(28,29)18-12-8-16(23)9-13-18)17-10-6-15(7-11-17)21-24-20-5-3-2-4-19(20)22(27)30-21/h2-13H,1H3. The van der Waals surface area contributed by atoms with Gasteiger partial charge < -0.3 is 4.42 Å². The molecule has 1 aromatic heterocycles. The van der Waals surface area contributed by atoms with Gasteiger partial charge in [0, 0.05) is 17.0 Å². The summed E-state index contributed by atoms with van der Waals surface area (Å²) in [5.41, 5.74) is 0.590. The monoisotopic (exact) mass is 498 g/mol. The fourth-order valence-electron chi connectivity index (χ4n) is 3.08. The van der Waals surface area contributed by atoms with Gasteiger partial charge in [-0.2, -0.15) is 0 Å². The van der Waals surface area contributed by atoms with Crippen LogP contribution in [0.1, 0.15) is 6.92 Å². The highest BCUT2D eigenvalue weighted by molar-refractivity contribution is 9.10. The zero-order valence-corrected chi connectivity index (χ0v) is 18.6. The van der Waals surface area contributed by atoms with Crippen LogP contribution in [0.3, 0.4) is 0 Å². The maximum absolute atomic E-state index is 13.0. The number of carbonyl (C=O) groups excluding carboxylic acids is 1. The Labute approximate surface area is 186 Å². The number of carbonyl (C=O) groups is 1. The van der Waals surface area contributed by atoms with E-state index in [1.807, 2.05) is 0 Å². The van der Waals surface area contributed by atoms with Crippen molar-refractivity contribution in [2.45, 2.75) is 11.8 Å². The lowest BCUT2D eigenvalue weighted by molar-refractivity contribution is -0.115. The average molecular weight is 499 g/mol. The Morgan fingerprint density at radius 3 is 2.26 bits per heavy atom. The minimum Gasteiger partial charge on any atom is -0.403 e. The molecule has 9 heteroatoms. The Morgan fingerprint density at radius 1 is 0.968 bits per heavy atom. The van der Waals surface area contributed by atoms with E-state index in [-0.39, 0.29) is 16.5 Å². The van der Waals surface area contributed by atoms with Crippen molar-refractivity contribution in [2.24, 2.45) is 0 Å². The summed E-state index contributed by atoms with van der Waals surface area (Å²) in [7, 11) is -4.11. The van der Waals surface area contributed by atoms with E-state index in [9.17, 15) is 18.0 Å². The third-order valence-corrected chi connectivity index (χ3v) is 6.87. The Hall–Kier alpha value is -3.30. The number of fused-ring (bicyclic) bond motifs is 1. The molecule has 156 valence electrons. The van der Waals surface area contributed by atoms with Gasteiger partial charge in [-0.3, -0.25) is 4.79 Å². The molecule has 0 saturated heterocycles. The molecule has 0 N–H and O–H groups in total. The van der Waals surface area contributed by atoms with Crippen molar-refractivity contribution in [3.63, 3.8) is 0 Å². The third kappa shape index (κ3) is 4.01. The van der Waals surface area contributed by atoms with Crippen LogP contribution in [-0.4, -0.2) is 19.3 Å². The lowest BCUT2D eigenvalue weighted by atomic mass is 10.2. The van der Waals surface area contributed by atoms with Gasteiger partial charge in [-0.25, -0.2) is 22.5 Å². The van der Waals surface area contributed by atoms with Crippen LogP contribution in [0.5, 0.6) is 0 Å². The molecule has 0 spiro atoms. The Kier molecular flexibility index (Phi) is 5.47. The Morgan fingerprint density at radius 2 is 1.61 bits per heavy atom. The van der Waals surface area contributed by atoms with Crippen LogP contribution < -0.4 is 9.93 Å². The van der Waals surface area contributed by atoms with Crippen molar-refractivity contribution in [2.75, 3.05) is 4.31 Å². The molecule has 3 aromatic carbocycles. The number of amides is 1. The number of hydrogen-bond donors (Lipinski definition) is 0. The first-order valence-corrected chi connectivity index (χ1v) is 11.3. The molecule has 31 heavy (non-hydrogen) atoms. The Bertz CT molecular complexity index is 1450. The van der Waals surface area contributed by atoms with E-state index in [1.165, 1.54) is 31.2 Å². The first-order valence-electron chi connectivity index (χ1n) is 9.09. The van der Waals surface area contributed by atoms with Crippen LogP contribution in [0.4, 0.5) is 5.69 Å². The molecule has 1 heterocycles. The van der Waals surface area contributed by atoms with Gasteiger partial charge in [-0.05, 0) is 60.7 Å². The zero-order chi connectivity index (χ0) is 22.2. The van der Waals surface area contributed by atoms with Crippen LogP contribution in [0, 0.1) is 0 Å². The average Bonchev–Trinajstić information content (AvgIpc) is 2.74.